The fourth-order valence-corrected chi connectivity index (χ4v) is 6.99. The van der Waals surface area contributed by atoms with E-state index < -0.39 is 32.5 Å². The highest BCUT2D eigenvalue weighted by atomic mass is 31.2. The van der Waals surface area contributed by atoms with Gasteiger partial charge in [-0.15, -0.1) is 0 Å². The van der Waals surface area contributed by atoms with E-state index in [-0.39, 0.29) is 26.1 Å². The Balaban J connectivity index is 4.55. The molecule has 0 aromatic heterocycles. The Morgan fingerprint density at radius 1 is 0.484 bits per heavy atom. The average Bonchev–Trinajstić information content (AvgIpc) is 3.25. The lowest BCUT2D eigenvalue weighted by molar-refractivity contribution is -0.870. The highest BCUT2D eigenvalue weighted by Crippen LogP contribution is 2.43. The van der Waals surface area contributed by atoms with Gasteiger partial charge in [0.15, 0.2) is 6.10 Å². The number of likely N-dealkylation sites (N-methyl/N-ethyl adjacent to an activating group) is 1. The smallest absolute Gasteiger partial charge is 0.461 e. The van der Waals surface area contributed by atoms with Gasteiger partial charge in [-0.25, -0.2) is 4.57 Å². The average molecular weight is 915 g/mol. The Labute approximate surface area is 392 Å². The second-order valence-electron chi connectivity index (χ2n) is 17.5. The largest absolute Gasteiger partial charge is 0.472 e. The quantitative estimate of drug-likeness (QED) is 0.0212. The van der Waals surface area contributed by atoms with Crippen LogP contribution in [0, 0.1) is 0 Å². The maximum absolute atomic E-state index is 12.7. The summed E-state index contributed by atoms with van der Waals surface area (Å²) >= 11 is 0. The molecule has 0 aliphatic heterocycles. The first kappa shape index (κ1) is 60.9. The molecule has 0 heterocycles. The molecule has 0 saturated heterocycles. The van der Waals surface area contributed by atoms with Gasteiger partial charge in [0, 0.05) is 0 Å². The normalized spacial score (nSPS) is 14.3. The number of hydrogen-bond donors (Lipinski definition) is 1. The van der Waals surface area contributed by atoms with Gasteiger partial charge >= 0.3 is 19.8 Å². The van der Waals surface area contributed by atoms with Gasteiger partial charge in [0.05, 0.1) is 40.6 Å². The Hall–Kier alpha value is -3.07. The molecule has 0 bridgehead atoms. The molecule has 0 aromatic carbocycles. The van der Waals surface area contributed by atoms with Crippen LogP contribution in [0.25, 0.3) is 0 Å². The van der Waals surface area contributed by atoms with E-state index in [2.05, 4.69) is 80.7 Å². The molecule has 0 spiro atoms. The van der Waals surface area contributed by atoms with Gasteiger partial charge in [-0.1, -0.05) is 201 Å². The third-order valence-electron chi connectivity index (χ3n) is 10.2. The lowest BCUT2D eigenvalue weighted by atomic mass is 10.1. The molecular weight excluding hydrogens is 822 g/mol. The molecular formula is C54H93NO8P+. The first-order valence-corrected chi connectivity index (χ1v) is 26.5. The fourth-order valence-electron chi connectivity index (χ4n) is 6.25. The summed E-state index contributed by atoms with van der Waals surface area (Å²) in [6.07, 6.45) is 61.0. The van der Waals surface area contributed by atoms with E-state index in [0.29, 0.717) is 23.9 Å². The number of carbonyl (C=O) groups excluding carboxylic acids is 2. The minimum absolute atomic E-state index is 0.00166. The maximum atomic E-state index is 12.7. The molecule has 0 amide bonds. The summed E-state index contributed by atoms with van der Waals surface area (Å²) in [7, 11) is 1.37. The molecule has 0 saturated carbocycles. The monoisotopic (exact) mass is 915 g/mol. The van der Waals surface area contributed by atoms with Crippen LogP contribution in [0.1, 0.15) is 181 Å². The lowest BCUT2D eigenvalue weighted by Crippen LogP contribution is -2.37. The van der Waals surface area contributed by atoms with Crippen molar-refractivity contribution in [3.05, 3.63) is 97.2 Å². The molecule has 0 fully saturated rings. The van der Waals surface area contributed by atoms with Crippen LogP contribution in [0.15, 0.2) is 97.2 Å². The van der Waals surface area contributed by atoms with Crippen molar-refractivity contribution >= 4 is 19.8 Å². The highest BCUT2D eigenvalue weighted by Gasteiger charge is 2.26. The summed E-state index contributed by atoms with van der Waals surface area (Å²) in [6, 6.07) is 0. The molecule has 64 heavy (non-hydrogen) atoms. The number of hydrogen-bond acceptors (Lipinski definition) is 7. The second kappa shape index (κ2) is 45.1. The number of ether oxygens (including phenoxy) is 2. The molecule has 0 rings (SSSR count). The zero-order chi connectivity index (χ0) is 47.1. The number of carbonyl (C=O) groups is 2. The summed E-state index contributed by atoms with van der Waals surface area (Å²) < 4.78 is 34.1. The van der Waals surface area contributed by atoms with Crippen molar-refractivity contribution in [1.29, 1.82) is 0 Å². The van der Waals surface area contributed by atoms with Crippen LogP contribution in [-0.4, -0.2) is 74.9 Å². The van der Waals surface area contributed by atoms with Crippen molar-refractivity contribution in [3.63, 3.8) is 0 Å². The van der Waals surface area contributed by atoms with Crippen molar-refractivity contribution in [1.82, 2.24) is 0 Å². The van der Waals surface area contributed by atoms with E-state index in [1.165, 1.54) is 109 Å². The minimum Gasteiger partial charge on any atom is -0.461 e. The summed E-state index contributed by atoms with van der Waals surface area (Å²) in [5, 5.41) is 0. The summed E-state index contributed by atoms with van der Waals surface area (Å²) in [4.78, 5) is 35.4. The van der Waals surface area contributed by atoms with E-state index in [1.807, 2.05) is 39.4 Å². The topological polar surface area (TPSA) is 108 Å². The van der Waals surface area contributed by atoms with E-state index in [9.17, 15) is 19.0 Å². The fraction of sp³-hybridized carbons (Fsp3) is 0.667. The van der Waals surface area contributed by atoms with Crippen LogP contribution in [0.3, 0.4) is 0 Å². The highest BCUT2D eigenvalue weighted by molar-refractivity contribution is 7.47. The predicted molar refractivity (Wildman–Crippen MR) is 270 cm³/mol. The van der Waals surface area contributed by atoms with Crippen molar-refractivity contribution < 1.29 is 42.1 Å². The second-order valence-corrected chi connectivity index (χ2v) is 19.0. The van der Waals surface area contributed by atoms with Gasteiger partial charge in [-0.2, -0.15) is 0 Å². The number of rotatable bonds is 44. The maximum Gasteiger partial charge on any atom is 0.472 e. The van der Waals surface area contributed by atoms with E-state index in [0.717, 1.165) is 32.1 Å². The number of unbranched alkanes of at least 4 members (excludes halogenated alkanes) is 16. The van der Waals surface area contributed by atoms with E-state index in [4.69, 9.17) is 18.5 Å². The van der Waals surface area contributed by atoms with Gasteiger partial charge in [-0.05, 0) is 64.2 Å². The van der Waals surface area contributed by atoms with Crippen molar-refractivity contribution in [2.45, 2.75) is 187 Å². The SMILES string of the molecule is CCCCCCCCCCC=CCC=CCC=CCC=CCC(=O)OC[C@H](COP(=O)(O)OCC[N+](C)(C)C)OC(=O)CC=CCC=CCC=CCC=CCCCCCCCCCC. The van der Waals surface area contributed by atoms with Crippen LogP contribution < -0.4 is 0 Å². The predicted octanol–water partition coefficient (Wildman–Crippen LogP) is 14.9. The first-order chi connectivity index (χ1) is 31.0. The minimum atomic E-state index is -4.43. The third kappa shape index (κ3) is 48.4. The van der Waals surface area contributed by atoms with Gasteiger partial charge in [0.2, 0.25) is 0 Å². The van der Waals surface area contributed by atoms with Gasteiger partial charge < -0.3 is 18.9 Å². The van der Waals surface area contributed by atoms with Crippen molar-refractivity contribution in [2.75, 3.05) is 47.5 Å². The molecule has 9 nitrogen and oxygen atoms in total. The number of phosphoric ester groups is 1. The number of esters is 2. The first-order valence-electron chi connectivity index (χ1n) is 25.0. The Bertz CT molecular complexity index is 1400. The summed E-state index contributed by atoms with van der Waals surface area (Å²) in [6.45, 7) is 4.20. The molecule has 10 heteroatoms. The zero-order valence-electron chi connectivity index (χ0n) is 41.2. The molecule has 2 atom stereocenters. The van der Waals surface area contributed by atoms with E-state index >= 15 is 0 Å². The number of nitrogens with zero attached hydrogens (tertiary/aromatic N) is 1. The van der Waals surface area contributed by atoms with Crippen molar-refractivity contribution in [2.24, 2.45) is 0 Å². The molecule has 0 aliphatic rings. The molecule has 0 aromatic rings. The zero-order valence-corrected chi connectivity index (χ0v) is 42.1. The number of quaternary nitrogens is 1. The van der Waals surface area contributed by atoms with Gasteiger partial charge in [0.25, 0.3) is 0 Å². The lowest BCUT2D eigenvalue weighted by Gasteiger charge is -2.24. The molecule has 1 unspecified atom stereocenters. The van der Waals surface area contributed by atoms with Gasteiger partial charge in [0.1, 0.15) is 19.8 Å². The van der Waals surface area contributed by atoms with Crippen LogP contribution in [-0.2, 0) is 32.7 Å². The van der Waals surface area contributed by atoms with Gasteiger partial charge in [-0.3, -0.25) is 18.6 Å². The standard InChI is InChI=1S/C54H92NO8P/c1-6-8-10-12-14-16-18-20-22-24-26-28-30-32-34-36-38-40-42-44-46-53(56)60-50-52(51-62-64(58,59)61-49-48-55(3,4)5)63-54(57)47-45-43-41-39-37-35-33-31-29-27-25-23-21-19-17-15-13-11-9-7-2/h24-27,30-33,36-39,42-45,52H,6-23,28-29,34-35,40-41,46-51H2,1-5H3/p+1/t52-/m1/s1. The van der Waals surface area contributed by atoms with Crippen LogP contribution in [0.5, 0.6) is 0 Å². The van der Waals surface area contributed by atoms with Crippen LogP contribution >= 0.6 is 7.82 Å². The van der Waals surface area contributed by atoms with Crippen LogP contribution in [0.4, 0.5) is 0 Å². The molecule has 0 aliphatic carbocycles. The van der Waals surface area contributed by atoms with Crippen LogP contribution in [0.2, 0.25) is 0 Å². The molecule has 0 radical (unpaired) electrons. The Morgan fingerprint density at radius 2 is 0.844 bits per heavy atom. The third-order valence-corrected chi connectivity index (χ3v) is 11.1. The Morgan fingerprint density at radius 3 is 1.25 bits per heavy atom. The van der Waals surface area contributed by atoms with Crippen molar-refractivity contribution in [3.8, 4) is 0 Å². The van der Waals surface area contributed by atoms with E-state index in [1.54, 1.807) is 12.2 Å². The molecule has 1 N–H and O–H groups in total. The molecule has 366 valence electrons. The Kier molecular flexibility index (Phi) is 42.9. The number of allylic oxidation sites excluding steroid dienone is 14. The number of phosphoric acid groups is 1. The summed E-state index contributed by atoms with van der Waals surface area (Å²) in [5.41, 5.74) is 0. The summed E-state index contributed by atoms with van der Waals surface area (Å²) in [5.74, 6) is -1.09.